The fourth-order valence-corrected chi connectivity index (χ4v) is 3.57. The van der Waals surface area contributed by atoms with Crippen molar-refractivity contribution in [2.75, 3.05) is 20.8 Å². The zero-order valence-electron chi connectivity index (χ0n) is 18.3. The molecule has 0 unspecified atom stereocenters. The number of benzene rings is 1. The average Bonchev–Trinajstić information content (AvgIpc) is 2.74. The highest BCUT2D eigenvalue weighted by molar-refractivity contribution is 5.97. The van der Waals surface area contributed by atoms with Gasteiger partial charge >= 0.3 is 5.97 Å². The molecule has 166 valence electrons. The highest BCUT2D eigenvalue weighted by atomic mass is 16.5. The van der Waals surface area contributed by atoms with E-state index < -0.39 is 18.0 Å². The normalized spacial score (nSPS) is 21.8. The van der Waals surface area contributed by atoms with E-state index in [9.17, 15) is 14.4 Å². The first-order chi connectivity index (χ1) is 14.2. The topological polar surface area (TPSA) is 103 Å². The first-order valence-corrected chi connectivity index (χ1v) is 10.3. The molecule has 1 aliphatic rings. The van der Waals surface area contributed by atoms with Crippen LogP contribution in [0.5, 0.6) is 11.5 Å². The number of esters is 1. The number of nitrogens with one attached hydrogen (secondary N) is 2. The molecule has 0 aliphatic heterocycles. The fraction of sp³-hybridized carbons (Fsp3) is 0.591. The zero-order chi connectivity index (χ0) is 22.3. The van der Waals surface area contributed by atoms with Gasteiger partial charge in [0.15, 0.2) is 6.10 Å². The van der Waals surface area contributed by atoms with Crippen LogP contribution in [0.1, 0.15) is 50.4 Å². The lowest BCUT2D eigenvalue weighted by Crippen LogP contribution is -2.48. The third kappa shape index (κ3) is 6.37. The van der Waals surface area contributed by atoms with Gasteiger partial charge in [-0.3, -0.25) is 14.4 Å². The molecule has 0 bridgehead atoms. The molecule has 0 radical (unpaired) electrons. The molecule has 0 heterocycles. The van der Waals surface area contributed by atoms with E-state index in [2.05, 4.69) is 24.5 Å². The van der Waals surface area contributed by atoms with E-state index in [0.717, 1.165) is 19.3 Å². The minimum atomic E-state index is -0.934. The van der Waals surface area contributed by atoms with Crippen molar-refractivity contribution < 1.29 is 28.6 Å². The minimum Gasteiger partial charge on any atom is -0.497 e. The number of rotatable bonds is 8. The lowest BCUT2D eigenvalue weighted by molar-refractivity contribution is -0.154. The second-order valence-electron chi connectivity index (χ2n) is 7.80. The molecule has 1 saturated carbocycles. The molecule has 1 aromatic carbocycles. The predicted molar refractivity (Wildman–Crippen MR) is 112 cm³/mol. The van der Waals surface area contributed by atoms with Crippen molar-refractivity contribution >= 4 is 17.8 Å². The Balaban J connectivity index is 1.83. The summed E-state index contributed by atoms with van der Waals surface area (Å²) in [4.78, 5) is 36.8. The summed E-state index contributed by atoms with van der Waals surface area (Å²) in [6.45, 7) is 5.49. The van der Waals surface area contributed by atoms with Crippen LogP contribution in [-0.4, -0.2) is 50.7 Å². The van der Waals surface area contributed by atoms with Crippen molar-refractivity contribution in [2.24, 2.45) is 11.8 Å². The van der Waals surface area contributed by atoms with Crippen molar-refractivity contribution in [1.29, 1.82) is 0 Å². The van der Waals surface area contributed by atoms with E-state index in [4.69, 9.17) is 14.2 Å². The van der Waals surface area contributed by atoms with Gasteiger partial charge in [-0.25, -0.2) is 0 Å². The highest BCUT2D eigenvalue weighted by Gasteiger charge is 2.30. The quantitative estimate of drug-likeness (QED) is 0.626. The van der Waals surface area contributed by atoms with E-state index in [1.54, 1.807) is 6.07 Å². The van der Waals surface area contributed by atoms with Gasteiger partial charge in [0, 0.05) is 17.7 Å². The fourth-order valence-electron chi connectivity index (χ4n) is 3.57. The summed E-state index contributed by atoms with van der Waals surface area (Å²) in [7, 11) is 2.96. The van der Waals surface area contributed by atoms with Crippen molar-refractivity contribution in [3.05, 3.63) is 23.8 Å². The molecule has 1 fully saturated rings. The van der Waals surface area contributed by atoms with Crippen molar-refractivity contribution in [3.63, 3.8) is 0 Å². The molecule has 1 aliphatic carbocycles. The molecule has 0 saturated heterocycles. The third-order valence-corrected chi connectivity index (χ3v) is 5.72. The van der Waals surface area contributed by atoms with E-state index in [-0.39, 0.29) is 24.1 Å². The Morgan fingerprint density at radius 2 is 1.70 bits per heavy atom. The first-order valence-electron chi connectivity index (χ1n) is 10.3. The van der Waals surface area contributed by atoms with E-state index in [0.29, 0.717) is 23.3 Å². The number of carbonyl (C=O) groups is 3. The Hall–Kier alpha value is -2.77. The van der Waals surface area contributed by atoms with Gasteiger partial charge in [0.25, 0.3) is 11.8 Å². The van der Waals surface area contributed by atoms with Gasteiger partial charge in [0.05, 0.1) is 14.2 Å². The summed E-state index contributed by atoms with van der Waals surface area (Å²) in [5, 5.41) is 5.47. The number of hydrogen-bond acceptors (Lipinski definition) is 6. The van der Waals surface area contributed by atoms with E-state index >= 15 is 0 Å². The lowest BCUT2D eigenvalue weighted by Gasteiger charge is -2.35. The maximum atomic E-state index is 12.4. The molecular weight excluding hydrogens is 388 g/mol. The monoisotopic (exact) mass is 420 g/mol. The zero-order valence-corrected chi connectivity index (χ0v) is 18.3. The van der Waals surface area contributed by atoms with E-state index in [1.165, 1.54) is 33.3 Å². The van der Waals surface area contributed by atoms with Gasteiger partial charge in [-0.15, -0.1) is 0 Å². The average molecular weight is 421 g/mol. The molecule has 0 aromatic heterocycles. The summed E-state index contributed by atoms with van der Waals surface area (Å²) >= 11 is 0. The minimum absolute atomic E-state index is 0.0881. The van der Waals surface area contributed by atoms with Crippen LogP contribution in [0.25, 0.3) is 0 Å². The SMILES string of the molecule is COc1cc(OC)cc(C(=O)NCC(=O)O[C@H](C)C(=O)N[C@H]2CCC[C@@H](C)[C@H]2C)c1. The molecule has 8 heteroatoms. The van der Waals surface area contributed by atoms with Gasteiger partial charge < -0.3 is 24.8 Å². The second-order valence-corrected chi connectivity index (χ2v) is 7.80. The summed E-state index contributed by atoms with van der Waals surface area (Å²) < 4.78 is 15.4. The summed E-state index contributed by atoms with van der Waals surface area (Å²) in [5.74, 6) is 0.352. The van der Waals surface area contributed by atoms with Gasteiger partial charge in [-0.2, -0.15) is 0 Å². The predicted octanol–water partition coefficient (Wildman–Crippen LogP) is 2.31. The van der Waals surface area contributed by atoms with Crippen LogP contribution in [0.2, 0.25) is 0 Å². The molecule has 4 atom stereocenters. The number of ether oxygens (including phenoxy) is 3. The second kappa shape index (κ2) is 10.8. The molecule has 1 aromatic rings. The van der Waals surface area contributed by atoms with Gasteiger partial charge in [0.2, 0.25) is 0 Å². The van der Waals surface area contributed by atoms with Crippen LogP contribution in [-0.2, 0) is 14.3 Å². The summed E-state index contributed by atoms with van der Waals surface area (Å²) in [6, 6.07) is 4.79. The molecular formula is C22H32N2O6. The molecule has 2 amide bonds. The smallest absolute Gasteiger partial charge is 0.326 e. The van der Waals surface area contributed by atoms with Gasteiger partial charge in [-0.1, -0.05) is 26.7 Å². The Bertz CT molecular complexity index is 744. The van der Waals surface area contributed by atoms with Crippen LogP contribution >= 0.6 is 0 Å². The summed E-state index contributed by atoms with van der Waals surface area (Å²) in [5.41, 5.74) is 0.283. The van der Waals surface area contributed by atoms with Crippen LogP contribution in [0.3, 0.4) is 0 Å². The molecule has 2 rings (SSSR count). The van der Waals surface area contributed by atoms with E-state index in [1.807, 2.05) is 0 Å². The maximum absolute atomic E-state index is 12.4. The number of carbonyl (C=O) groups excluding carboxylic acids is 3. The number of amides is 2. The summed E-state index contributed by atoms with van der Waals surface area (Å²) in [6.07, 6.45) is 2.23. The van der Waals surface area contributed by atoms with Crippen molar-refractivity contribution in [1.82, 2.24) is 10.6 Å². The molecule has 8 nitrogen and oxygen atoms in total. The third-order valence-electron chi connectivity index (χ3n) is 5.72. The highest BCUT2D eigenvalue weighted by Crippen LogP contribution is 2.29. The Morgan fingerprint density at radius 3 is 2.30 bits per heavy atom. The maximum Gasteiger partial charge on any atom is 0.326 e. The molecule has 2 N–H and O–H groups in total. The van der Waals surface area contributed by atoms with Crippen LogP contribution < -0.4 is 20.1 Å². The number of hydrogen-bond donors (Lipinski definition) is 2. The van der Waals surface area contributed by atoms with Crippen molar-refractivity contribution in [2.45, 2.75) is 52.2 Å². The Labute approximate surface area is 177 Å². The Kier molecular flexibility index (Phi) is 8.50. The molecule has 30 heavy (non-hydrogen) atoms. The van der Waals surface area contributed by atoms with Crippen molar-refractivity contribution in [3.8, 4) is 11.5 Å². The standard InChI is InChI=1S/C22H32N2O6/c1-13-7-6-8-19(14(13)2)24-21(26)15(3)30-20(25)12-23-22(27)16-9-17(28-4)11-18(10-16)29-5/h9-11,13-15,19H,6-8,12H2,1-5H3,(H,23,27)(H,24,26)/t13-,14-,15-,19+/m1/s1. The van der Waals surface area contributed by atoms with Crippen LogP contribution in [0, 0.1) is 11.8 Å². The molecule has 0 spiro atoms. The first kappa shape index (κ1) is 23.5. The van der Waals surface area contributed by atoms with Crippen LogP contribution in [0.4, 0.5) is 0 Å². The Morgan fingerprint density at radius 1 is 1.07 bits per heavy atom. The largest absolute Gasteiger partial charge is 0.497 e. The van der Waals surface area contributed by atoms with Crippen LogP contribution in [0.15, 0.2) is 18.2 Å². The number of methoxy groups -OCH3 is 2. The van der Waals surface area contributed by atoms with Gasteiger partial charge in [-0.05, 0) is 37.3 Å². The lowest BCUT2D eigenvalue weighted by atomic mass is 9.78. The van der Waals surface area contributed by atoms with Gasteiger partial charge in [0.1, 0.15) is 18.0 Å².